The molecule has 1 aromatic rings. The Balaban J connectivity index is 2.65. The van der Waals surface area contributed by atoms with Gasteiger partial charge in [0.2, 0.25) is 0 Å². The highest BCUT2D eigenvalue weighted by Gasteiger charge is 1.99. The van der Waals surface area contributed by atoms with Crippen LogP contribution in [0.25, 0.3) is 0 Å². The van der Waals surface area contributed by atoms with Crippen LogP contribution >= 0.6 is 0 Å². The van der Waals surface area contributed by atoms with Gasteiger partial charge in [-0.25, -0.2) is 0 Å². The number of rotatable bonds is 4. The van der Waals surface area contributed by atoms with Crippen LogP contribution in [0.3, 0.4) is 0 Å². The molecule has 0 aliphatic carbocycles. The van der Waals surface area contributed by atoms with Gasteiger partial charge in [0, 0.05) is 0 Å². The first kappa shape index (κ1) is 10.6. The first-order chi connectivity index (χ1) is 6.77. The zero-order valence-corrected chi connectivity index (χ0v) is 8.71. The topological polar surface area (TPSA) is 33.0 Å². The van der Waals surface area contributed by atoms with E-state index in [1.807, 2.05) is 19.1 Å². The van der Waals surface area contributed by atoms with Crippen molar-refractivity contribution >= 4 is 0 Å². The molecule has 1 aromatic carbocycles. The van der Waals surface area contributed by atoms with Gasteiger partial charge in [0.25, 0.3) is 0 Å². The van der Waals surface area contributed by atoms with Crippen molar-refractivity contribution < 1.29 is 4.74 Å². The predicted octanol–water partition coefficient (Wildman–Crippen LogP) is 3.05. The summed E-state index contributed by atoms with van der Waals surface area (Å²) in [6, 6.07) is 7.61. The lowest BCUT2D eigenvalue weighted by Crippen LogP contribution is -1.98. The normalized spacial score (nSPS) is 9.50. The fraction of sp³-hybridized carbons (Fsp3) is 0.417. The first-order valence-electron chi connectivity index (χ1n) is 4.91. The maximum atomic E-state index is 8.68. The van der Waals surface area contributed by atoms with Crippen molar-refractivity contribution in [2.24, 2.45) is 0 Å². The molecule has 14 heavy (non-hydrogen) atoms. The summed E-state index contributed by atoms with van der Waals surface area (Å²) in [6.45, 7) is 4.85. The zero-order chi connectivity index (χ0) is 10.4. The van der Waals surface area contributed by atoms with E-state index < -0.39 is 0 Å². The van der Waals surface area contributed by atoms with Crippen LogP contribution in [0.4, 0.5) is 0 Å². The molecule has 0 saturated carbocycles. The van der Waals surface area contributed by atoms with E-state index in [9.17, 15) is 0 Å². The molecule has 0 radical (unpaired) electrons. The third kappa shape index (κ3) is 2.77. The minimum absolute atomic E-state index is 0.686. The van der Waals surface area contributed by atoms with Gasteiger partial charge in [-0.15, -0.1) is 0 Å². The number of hydrogen-bond acceptors (Lipinski definition) is 2. The molecule has 0 N–H and O–H groups in total. The largest absolute Gasteiger partial charge is 0.493 e. The number of nitriles is 1. The monoisotopic (exact) mass is 189 g/mol. The van der Waals surface area contributed by atoms with Crippen LogP contribution in [0.1, 0.15) is 30.9 Å². The molecule has 2 heteroatoms. The van der Waals surface area contributed by atoms with E-state index in [-0.39, 0.29) is 0 Å². The molecule has 74 valence electrons. The Bertz CT molecular complexity index is 339. The number of ether oxygens (including phenoxy) is 1. The van der Waals surface area contributed by atoms with Crippen molar-refractivity contribution in [3.05, 3.63) is 29.3 Å². The molecule has 0 unspecified atom stereocenters. The highest BCUT2D eigenvalue weighted by Crippen LogP contribution is 2.18. The molecule has 0 bridgehead atoms. The summed E-state index contributed by atoms with van der Waals surface area (Å²) >= 11 is 0. The van der Waals surface area contributed by atoms with E-state index in [1.165, 1.54) is 0 Å². The minimum Gasteiger partial charge on any atom is -0.493 e. The SMILES string of the molecule is CCCCOc1ccc(C#N)cc1C. The second-order valence-corrected chi connectivity index (χ2v) is 3.29. The smallest absolute Gasteiger partial charge is 0.122 e. The van der Waals surface area contributed by atoms with Gasteiger partial charge in [0.1, 0.15) is 5.75 Å². The van der Waals surface area contributed by atoms with Gasteiger partial charge in [0.05, 0.1) is 18.2 Å². The van der Waals surface area contributed by atoms with Crippen LogP contribution in [-0.2, 0) is 0 Å². The molecule has 1 rings (SSSR count). The van der Waals surface area contributed by atoms with Gasteiger partial charge in [-0.1, -0.05) is 13.3 Å². The molecule has 0 aliphatic heterocycles. The van der Waals surface area contributed by atoms with Crippen LogP contribution in [0.15, 0.2) is 18.2 Å². The Labute approximate surface area is 85.1 Å². The van der Waals surface area contributed by atoms with Crippen molar-refractivity contribution in [1.29, 1.82) is 5.26 Å². The van der Waals surface area contributed by atoms with Crippen LogP contribution in [0.2, 0.25) is 0 Å². The standard InChI is InChI=1S/C12H15NO/c1-3-4-7-14-12-6-5-11(9-13)8-10(12)2/h5-6,8H,3-4,7H2,1-2H3. The lowest BCUT2D eigenvalue weighted by Gasteiger charge is -2.08. The molecule has 0 aliphatic rings. The molecule has 0 amide bonds. The van der Waals surface area contributed by atoms with Gasteiger partial charge in [-0.2, -0.15) is 5.26 Å². The number of benzene rings is 1. The second-order valence-electron chi connectivity index (χ2n) is 3.29. The van der Waals surface area contributed by atoms with Crippen molar-refractivity contribution in [1.82, 2.24) is 0 Å². The molecular weight excluding hydrogens is 174 g/mol. The first-order valence-corrected chi connectivity index (χ1v) is 4.91. The van der Waals surface area contributed by atoms with Gasteiger partial charge in [-0.05, 0) is 37.1 Å². The minimum atomic E-state index is 0.686. The molecular formula is C12H15NO. The van der Waals surface area contributed by atoms with E-state index in [0.717, 1.165) is 30.8 Å². The highest BCUT2D eigenvalue weighted by molar-refractivity contribution is 5.41. The summed E-state index contributed by atoms with van der Waals surface area (Å²) in [5, 5.41) is 8.68. The summed E-state index contributed by atoms with van der Waals surface area (Å²) in [5.41, 5.74) is 1.71. The van der Waals surface area contributed by atoms with E-state index >= 15 is 0 Å². The van der Waals surface area contributed by atoms with Crippen LogP contribution in [0, 0.1) is 18.3 Å². The van der Waals surface area contributed by atoms with E-state index in [4.69, 9.17) is 10.00 Å². The van der Waals surface area contributed by atoms with Crippen molar-refractivity contribution in [3.8, 4) is 11.8 Å². The average molecular weight is 189 g/mol. The fourth-order valence-electron chi connectivity index (χ4n) is 1.21. The fourth-order valence-corrected chi connectivity index (χ4v) is 1.21. The van der Waals surface area contributed by atoms with Gasteiger partial charge < -0.3 is 4.74 Å². The summed E-state index contributed by atoms with van der Waals surface area (Å²) < 4.78 is 5.57. The van der Waals surface area contributed by atoms with Crippen molar-refractivity contribution in [3.63, 3.8) is 0 Å². The molecule has 0 heterocycles. The van der Waals surface area contributed by atoms with Crippen LogP contribution < -0.4 is 4.74 Å². The van der Waals surface area contributed by atoms with Gasteiger partial charge in [-0.3, -0.25) is 0 Å². The number of unbranched alkanes of at least 4 members (excludes halogenated alkanes) is 1. The van der Waals surface area contributed by atoms with Crippen molar-refractivity contribution in [2.75, 3.05) is 6.61 Å². The van der Waals surface area contributed by atoms with Crippen LogP contribution in [0.5, 0.6) is 5.75 Å². The Morgan fingerprint density at radius 1 is 1.43 bits per heavy atom. The van der Waals surface area contributed by atoms with E-state index in [2.05, 4.69) is 13.0 Å². The molecule has 0 aromatic heterocycles. The Morgan fingerprint density at radius 3 is 2.79 bits per heavy atom. The third-order valence-corrected chi connectivity index (χ3v) is 2.06. The lowest BCUT2D eigenvalue weighted by molar-refractivity contribution is 0.307. The maximum absolute atomic E-state index is 8.68. The molecule has 0 fully saturated rings. The quantitative estimate of drug-likeness (QED) is 0.682. The highest BCUT2D eigenvalue weighted by atomic mass is 16.5. The third-order valence-electron chi connectivity index (χ3n) is 2.06. The molecule has 0 spiro atoms. The average Bonchev–Trinajstić information content (AvgIpc) is 2.20. The number of nitrogens with zero attached hydrogens (tertiary/aromatic N) is 1. The summed E-state index contributed by atoms with van der Waals surface area (Å²) in [5.74, 6) is 0.887. The Kier molecular flexibility index (Phi) is 4.00. The Hall–Kier alpha value is -1.49. The predicted molar refractivity (Wildman–Crippen MR) is 56.3 cm³/mol. The number of hydrogen-bond donors (Lipinski definition) is 0. The zero-order valence-electron chi connectivity index (χ0n) is 8.71. The van der Waals surface area contributed by atoms with Crippen LogP contribution in [-0.4, -0.2) is 6.61 Å². The summed E-state index contributed by atoms with van der Waals surface area (Å²) in [7, 11) is 0. The second kappa shape index (κ2) is 5.29. The number of aryl methyl sites for hydroxylation is 1. The summed E-state index contributed by atoms with van der Waals surface area (Å²) in [6.07, 6.45) is 2.20. The van der Waals surface area contributed by atoms with Crippen molar-refractivity contribution in [2.45, 2.75) is 26.7 Å². The van der Waals surface area contributed by atoms with Gasteiger partial charge >= 0.3 is 0 Å². The molecule has 0 atom stereocenters. The Morgan fingerprint density at radius 2 is 2.21 bits per heavy atom. The van der Waals surface area contributed by atoms with E-state index in [1.54, 1.807) is 6.07 Å². The molecule has 2 nitrogen and oxygen atoms in total. The lowest BCUT2D eigenvalue weighted by atomic mass is 10.1. The summed E-state index contributed by atoms with van der Waals surface area (Å²) in [4.78, 5) is 0. The van der Waals surface area contributed by atoms with E-state index in [0.29, 0.717) is 5.56 Å². The maximum Gasteiger partial charge on any atom is 0.122 e. The molecule has 0 saturated heterocycles. The van der Waals surface area contributed by atoms with Gasteiger partial charge in [0.15, 0.2) is 0 Å².